The number of hydrogen-bond donors (Lipinski definition) is 1. The Morgan fingerprint density at radius 3 is 2.95 bits per heavy atom. The molecule has 0 saturated carbocycles. The highest BCUT2D eigenvalue weighted by atomic mass is 16.5. The Morgan fingerprint density at radius 1 is 1.29 bits per heavy atom. The monoisotopic (exact) mass is 283 g/mol. The third-order valence-electron chi connectivity index (χ3n) is 3.87. The average Bonchev–Trinajstić information content (AvgIpc) is 2.54. The molecule has 0 radical (unpaired) electrons. The number of ether oxygens (including phenoxy) is 1. The second kappa shape index (κ2) is 6.68. The number of benzene rings is 1. The zero-order chi connectivity index (χ0) is 14.5. The molecule has 0 bridgehead atoms. The van der Waals surface area contributed by atoms with Gasteiger partial charge in [0, 0.05) is 18.4 Å². The van der Waals surface area contributed by atoms with Crippen molar-refractivity contribution in [1.82, 2.24) is 15.3 Å². The summed E-state index contributed by atoms with van der Waals surface area (Å²) in [6.45, 7) is 3.56. The maximum Gasteiger partial charge on any atom is 0.166 e. The van der Waals surface area contributed by atoms with Crippen molar-refractivity contribution >= 4 is 0 Å². The standard InChI is InChI=1S/C17H21N3O/c1-2-18-16-6-3-5-13-7-8-14(11-15(13)16)21-12-17-19-9-4-10-20-17/h4,7-11,16,18H,2-3,5-6,12H2,1H3. The Kier molecular flexibility index (Phi) is 4.46. The number of hydrogen-bond acceptors (Lipinski definition) is 4. The SMILES string of the molecule is CCNC1CCCc2ccc(OCc3ncccn3)cc21. The van der Waals surface area contributed by atoms with Gasteiger partial charge in [-0.25, -0.2) is 9.97 Å². The summed E-state index contributed by atoms with van der Waals surface area (Å²) < 4.78 is 5.83. The van der Waals surface area contributed by atoms with Crippen molar-refractivity contribution in [3.8, 4) is 5.75 Å². The molecule has 1 aromatic carbocycles. The van der Waals surface area contributed by atoms with E-state index in [1.165, 1.54) is 30.4 Å². The molecule has 0 aliphatic heterocycles. The van der Waals surface area contributed by atoms with Crippen molar-refractivity contribution < 1.29 is 4.74 Å². The molecule has 0 saturated heterocycles. The Morgan fingerprint density at radius 2 is 2.14 bits per heavy atom. The molecule has 1 aromatic heterocycles. The molecular weight excluding hydrogens is 262 g/mol. The summed E-state index contributed by atoms with van der Waals surface area (Å²) in [5.74, 6) is 1.60. The minimum Gasteiger partial charge on any atom is -0.486 e. The van der Waals surface area contributed by atoms with Crippen LogP contribution in [0.15, 0.2) is 36.7 Å². The Labute approximate surface area is 125 Å². The molecule has 3 rings (SSSR count). The Hall–Kier alpha value is -1.94. The first kappa shape index (κ1) is 14.0. The van der Waals surface area contributed by atoms with Gasteiger partial charge in [-0.3, -0.25) is 0 Å². The van der Waals surface area contributed by atoms with Crippen LogP contribution >= 0.6 is 0 Å². The fourth-order valence-corrected chi connectivity index (χ4v) is 2.88. The molecule has 1 N–H and O–H groups in total. The molecule has 1 aliphatic rings. The van der Waals surface area contributed by atoms with Crippen molar-refractivity contribution in [2.45, 2.75) is 38.8 Å². The lowest BCUT2D eigenvalue weighted by molar-refractivity contribution is 0.294. The smallest absolute Gasteiger partial charge is 0.166 e. The number of fused-ring (bicyclic) bond motifs is 1. The number of aromatic nitrogens is 2. The largest absolute Gasteiger partial charge is 0.486 e. The van der Waals surface area contributed by atoms with E-state index in [-0.39, 0.29) is 0 Å². The Bertz CT molecular complexity index is 586. The predicted molar refractivity (Wildman–Crippen MR) is 82.2 cm³/mol. The lowest BCUT2D eigenvalue weighted by atomic mass is 9.87. The lowest BCUT2D eigenvalue weighted by Crippen LogP contribution is -2.24. The van der Waals surface area contributed by atoms with Crippen LogP contribution in [0.4, 0.5) is 0 Å². The van der Waals surface area contributed by atoms with Crippen LogP contribution < -0.4 is 10.1 Å². The first-order chi connectivity index (χ1) is 10.4. The predicted octanol–water partition coefficient (Wildman–Crippen LogP) is 3.04. The van der Waals surface area contributed by atoms with Crippen molar-refractivity contribution in [3.05, 3.63) is 53.6 Å². The molecular formula is C17H21N3O. The highest BCUT2D eigenvalue weighted by Crippen LogP contribution is 2.32. The van der Waals surface area contributed by atoms with E-state index in [0.29, 0.717) is 18.5 Å². The molecule has 2 aromatic rings. The van der Waals surface area contributed by atoms with E-state index in [1.807, 2.05) is 6.07 Å². The zero-order valence-electron chi connectivity index (χ0n) is 12.4. The quantitative estimate of drug-likeness (QED) is 0.916. The minimum absolute atomic E-state index is 0.408. The molecule has 110 valence electrons. The average molecular weight is 283 g/mol. The number of rotatable bonds is 5. The van der Waals surface area contributed by atoms with E-state index >= 15 is 0 Å². The van der Waals surface area contributed by atoms with Crippen LogP contribution in [0.5, 0.6) is 5.75 Å². The summed E-state index contributed by atoms with van der Waals surface area (Å²) in [5.41, 5.74) is 2.82. The maximum atomic E-state index is 5.83. The topological polar surface area (TPSA) is 47.0 Å². The van der Waals surface area contributed by atoms with Gasteiger partial charge in [0.25, 0.3) is 0 Å². The van der Waals surface area contributed by atoms with Gasteiger partial charge in [-0.05, 0) is 55.1 Å². The van der Waals surface area contributed by atoms with Gasteiger partial charge in [0.2, 0.25) is 0 Å². The van der Waals surface area contributed by atoms with E-state index in [4.69, 9.17) is 4.74 Å². The fraction of sp³-hybridized carbons (Fsp3) is 0.412. The highest BCUT2D eigenvalue weighted by Gasteiger charge is 2.19. The number of aryl methyl sites for hydroxylation is 1. The van der Waals surface area contributed by atoms with Gasteiger partial charge in [0.1, 0.15) is 12.4 Å². The van der Waals surface area contributed by atoms with Gasteiger partial charge in [-0.15, -0.1) is 0 Å². The molecule has 0 fully saturated rings. The van der Waals surface area contributed by atoms with Crippen LogP contribution in [0.3, 0.4) is 0 Å². The third-order valence-corrected chi connectivity index (χ3v) is 3.87. The van der Waals surface area contributed by atoms with Crippen molar-refractivity contribution in [2.24, 2.45) is 0 Å². The summed E-state index contributed by atoms with van der Waals surface area (Å²) >= 11 is 0. The van der Waals surface area contributed by atoms with Crippen LogP contribution in [0.1, 0.15) is 42.8 Å². The van der Waals surface area contributed by atoms with Gasteiger partial charge in [-0.2, -0.15) is 0 Å². The number of nitrogens with one attached hydrogen (secondary N) is 1. The summed E-state index contributed by atoms with van der Waals surface area (Å²) in [5, 5.41) is 3.56. The van der Waals surface area contributed by atoms with Crippen LogP contribution in [0, 0.1) is 0 Å². The molecule has 1 atom stereocenters. The second-order valence-electron chi connectivity index (χ2n) is 5.32. The molecule has 0 amide bonds. The minimum atomic E-state index is 0.408. The first-order valence-electron chi connectivity index (χ1n) is 7.61. The van der Waals surface area contributed by atoms with Crippen LogP contribution in [-0.2, 0) is 13.0 Å². The van der Waals surface area contributed by atoms with Crippen LogP contribution in [0.2, 0.25) is 0 Å². The van der Waals surface area contributed by atoms with Crippen molar-refractivity contribution in [2.75, 3.05) is 6.54 Å². The third kappa shape index (κ3) is 3.39. The summed E-state index contributed by atoms with van der Waals surface area (Å²) in [4.78, 5) is 8.35. The van der Waals surface area contributed by atoms with Crippen LogP contribution in [0.25, 0.3) is 0 Å². The van der Waals surface area contributed by atoms with E-state index in [1.54, 1.807) is 12.4 Å². The van der Waals surface area contributed by atoms with Gasteiger partial charge in [0.05, 0.1) is 0 Å². The van der Waals surface area contributed by atoms with Gasteiger partial charge in [0.15, 0.2) is 5.82 Å². The summed E-state index contributed by atoms with van der Waals surface area (Å²) in [6.07, 6.45) is 7.09. The van der Waals surface area contributed by atoms with Gasteiger partial charge >= 0.3 is 0 Å². The molecule has 1 heterocycles. The Balaban J connectivity index is 1.73. The van der Waals surface area contributed by atoms with E-state index in [9.17, 15) is 0 Å². The molecule has 1 aliphatic carbocycles. The zero-order valence-corrected chi connectivity index (χ0v) is 12.4. The second-order valence-corrected chi connectivity index (χ2v) is 5.32. The molecule has 4 heteroatoms. The van der Waals surface area contributed by atoms with Crippen LogP contribution in [-0.4, -0.2) is 16.5 Å². The van der Waals surface area contributed by atoms with E-state index in [2.05, 4.69) is 40.4 Å². The fourth-order valence-electron chi connectivity index (χ4n) is 2.88. The molecule has 0 spiro atoms. The van der Waals surface area contributed by atoms with Gasteiger partial charge in [-0.1, -0.05) is 13.0 Å². The van der Waals surface area contributed by atoms with Gasteiger partial charge < -0.3 is 10.1 Å². The van der Waals surface area contributed by atoms with Crippen molar-refractivity contribution in [3.63, 3.8) is 0 Å². The lowest BCUT2D eigenvalue weighted by Gasteiger charge is -2.26. The highest BCUT2D eigenvalue weighted by molar-refractivity contribution is 5.39. The first-order valence-corrected chi connectivity index (χ1v) is 7.61. The summed E-state index contributed by atoms with van der Waals surface area (Å²) in [7, 11) is 0. The number of nitrogens with zero attached hydrogens (tertiary/aromatic N) is 2. The molecule has 4 nitrogen and oxygen atoms in total. The van der Waals surface area contributed by atoms with Crippen molar-refractivity contribution in [1.29, 1.82) is 0 Å². The summed E-state index contributed by atoms with van der Waals surface area (Å²) in [6, 6.07) is 8.68. The molecule has 21 heavy (non-hydrogen) atoms. The van der Waals surface area contributed by atoms with E-state index in [0.717, 1.165) is 12.3 Å². The normalized spacial score (nSPS) is 17.3. The molecule has 1 unspecified atom stereocenters. The maximum absolute atomic E-state index is 5.83. The van der Waals surface area contributed by atoms with E-state index < -0.39 is 0 Å².